The van der Waals surface area contributed by atoms with Crippen LogP contribution in [-0.4, -0.2) is 0 Å². The van der Waals surface area contributed by atoms with Crippen molar-refractivity contribution in [3.05, 3.63) is 56.9 Å². The van der Waals surface area contributed by atoms with Gasteiger partial charge in [0.25, 0.3) is 0 Å². The summed E-state index contributed by atoms with van der Waals surface area (Å²) in [5, 5.41) is 0. The fourth-order valence-electron chi connectivity index (χ4n) is 1.31. The van der Waals surface area contributed by atoms with Crippen LogP contribution in [0.2, 0.25) is 0 Å². The molecule has 0 saturated heterocycles. The number of halogens is 6. The van der Waals surface area contributed by atoms with Crippen molar-refractivity contribution in [3.8, 4) is 11.5 Å². The molecule has 0 N–H and O–H groups in total. The molecule has 1 nitrogen and oxygen atoms in total. The van der Waals surface area contributed by atoms with Crippen LogP contribution in [0.3, 0.4) is 0 Å². The van der Waals surface area contributed by atoms with E-state index in [0.29, 0.717) is 3.57 Å². The highest BCUT2D eigenvalue weighted by Gasteiger charge is 2.27. The van der Waals surface area contributed by atoms with Crippen molar-refractivity contribution in [1.29, 1.82) is 0 Å². The SMILES string of the molecule is Fc1c(F)c(F)c(Oc2ccccc2I)c(F)c1F. The van der Waals surface area contributed by atoms with Gasteiger partial charge in [0, 0.05) is 0 Å². The van der Waals surface area contributed by atoms with E-state index >= 15 is 0 Å². The summed E-state index contributed by atoms with van der Waals surface area (Å²) in [6.07, 6.45) is 0. The fourth-order valence-corrected chi connectivity index (χ4v) is 1.81. The Labute approximate surface area is 118 Å². The van der Waals surface area contributed by atoms with Gasteiger partial charge in [-0.2, -0.15) is 8.78 Å². The third-order valence-corrected chi connectivity index (χ3v) is 3.11. The Morgan fingerprint density at radius 3 is 1.74 bits per heavy atom. The van der Waals surface area contributed by atoms with Gasteiger partial charge in [-0.05, 0) is 34.7 Å². The maximum Gasteiger partial charge on any atom is 0.207 e. The molecular formula is C12H4F5IO. The van der Waals surface area contributed by atoms with E-state index in [-0.39, 0.29) is 5.75 Å². The summed E-state index contributed by atoms with van der Waals surface area (Å²) < 4.78 is 70.7. The first-order valence-electron chi connectivity index (χ1n) is 4.87. The third-order valence-electron chi connectivity index (χ3n) is 2.22. The summed E-state index contributed by atoms with van der Waals surface area (Å²) in [6, 6.07) is 6.04. The van der Waals surface area contributed by atoms with Crippen molar-refractivity contribution in [2.75, 3.05) is 0 Å². The maximum absolute atomic E-state index is 13.4. The van der Waals surface area contributed by atoms with Gasteiger partial charge < -0.3 is 4.74 Å². The molecule has 0 radical (unpaired) electrons. The first-order chi connectivity index (χ1) is 8.93. The lowest BCUT2D eigenvalue weighted by Gasteiger charge is -2.10. The van der Waals surface area contributed by atoms with E-state index in [1.165, 1.54) is 12.1 Å². The molecule has 2 rings (SSSR count). The van der Waals surface area contributed by atoms with Gasteiger partial charge in [-0.1, -0.05) is 12.1 Å². The molecule has 2 aromatic rings. The highest BCUT2D eigenvalue weighted by Crippen LogP contribution is 2.34. The monoisotopic (exact) mass is 386 g/mol. The van der Waals surface area contributed by atoms with Crippen molar-refractivity contribution in [1.82, 2.24) is 0 Å². The Morgan fingerprint density at radius 2 is 1.21 bits per heavy atom. The lowest BCUT2D eigenvalue weighted by atomic mass is 10.2. The second kappa shape index (κ2) is 5.32. The molecule has 0 atom stereocenters. The van der Waals surface area contributed by atoms with Gasteiger partial charge in [-0.15, -0.1) is 0 Å². The zero-order chi connectivity index (χ0) is 14.2. The zero-order valence-electron chi connectivity index (χ0n) is 8.99. The largest absolute Gasteiger partial charge is 0.450 e. The summed E-state index contributed by atoms with van der Waals surface area (Å²) in [4.78, 5) is 0. The van der Waals surface area contributed by atoms with Gasteiger partial charge in [0.15, 0.2) is 0 Å². The van der Waals surface area contributed by atoms with E-state index < -0.39 is 34.8 Å². The van der Waals surface area contributed by atoms with Crippen molar-refractivity contribution in [2.45, 2.75) is 0 Å². The molecule has 0 aliphatic heterocycles. The number of rotatable bonds is 2. The van der Waals surface area contributed by atoms with Crippen LogP contribution in [0.5, 0.6) is 11.5 Å². The van der Waals surface area contributed by atoms with E-state index in [4.69, 9.17) is 4.74 Å². The molecule has 0 aliphatic carbocycles. The highest BCUT2D eigenvalue weighted by molar-refractivity contribution is 14.1. The van der Waals surface area contributed by atoms with Gasteiger partial charge in [-0.3, -0.25) is 0 Å². The summed E-state index contributed by atoms with van der Waals surface area (Å²) in [5.74, 6) is -11.6. The van der Waals surface area contributed by atoms with Crippen LogP contribution in [0.15, 0.2) is 24.3 Å². The van der Waals surface area contributed by atoms with Crippen LogP contribution < -0.4 is 4.74 Å². The van der Waals surface area contributed by atoms with Crippen LogP contribution in [0.25, 0.3) is 0 Å². The average molecular weight is 386 g/mol. The second-order valence-electron chi connectivity index (χ2n) is 3.43. The van der Waals surface area contributed by atoms with Crippen molar-refractivity contribution in [3.63, 3.8) is 0 Å². The number of benzene rings is 2. The average Bonchev–Trinajstić information content (AvgIpc) is 2.41. The molecule has 0 aliphatic rings. The number of para-hydroxylation sites is 1. The van der Waals surface area contributed by atoms with Gasteiger partial charge in [0.2, 0.25) is 34.8 Å². The van der Waals surface area contributed by atoms with Crippen molar-refractivity contribution in [2.24, 2.45) is 0 Å². The normalized spacial score (nSPS) is 10.6. The number of hydrogen-bond acceptors (Lipinski definition) is 1. The summed E-state index contributed by atoms with van der Waals surface area (Å²) >= 11 is 1.80. The smallest absolute Gasteiger partial charge is 0.207 e. The number of hydrogen-bond donors (Lipinski definition) is 0. The van der Waals surface area contributed by atoms with Gasteiger partial charge in [0.05, 0.1) is 3.57 Å². The van der Waals surface area contributed by atoms with Crippen LogP contribution in [0.1, 0.15) is 0 Å². The molecule has 0 unspecified atom stereocenters. The van der Waals surface area contributed by atoms with Crippen LogP contribution in [0.4, 0.5) is 22.0 Å². The third kappa shape index (κ3) is 2.51. The second-order valence-corrected chi connectivity index (χ2v) is 4.59. The first-order valence-corrected chi connectivity index (χ1v) is 5.95. The molecule has 2 aromatic carbocycles. The van der Waals surface area contributed by atoms with Crippen molar-refractivity contribution >= 4 is 22.6 Å². The Bertz CT molecular complexity index is 615. The molecule has 0 heterocycles. The Balaban J connectivity index is 2.56. The predicted octanol–water partition coefficient (Wildman–Crippen LogP) is 4.78. The summed E-state index contributed by atoms with van der Waals surface area (Å²) in [5.41, 5.74) is 0. The van der Waals surface area contributed by atoms with Gasteiger partial charge >= 0.3 is 0 Å². The van der Waals surface area contributed by atoms with E-state index in [9.17, 15) is 22.0 Å². The highest BCUT2D eigenvalue weighted by atomic mass is 127. The minimum Gasteiger partial charge on any atom is -0.450 e. The molecule has 0 spiro atoms. The van der Waals surface area contributed by atoms with Crippen molar-refractivity contribution < 1.29 is 26.7 Å². The lowest BCUT2D eigenvalue weighted by Crippen LogP contribution is -2.04. The van der Waals surface area contributed by atoms with E-state index in [1.807, 2.05) is 0 Å². The topological polar surface area (TPSA) is 9.23 Å². The molecule has 7 heteroatoms. The molecule has 0 aromatic heterocycles. The molecule has 0 amide bonds. The lowest BCUT2D eigenvalue weighted by molar-refractivity contribution is 0.331. The molecule has 100 valence electrons. The Kier molecular flexibility index (Phi) is 3.93. The fraction of sp³-hybridized carbons (Fsp3) is 0. The molecule has 0 saturated carbocycles. The van der Waals surface area contributed by atoms with E-state index in [0.717, 1.165) is 0 Å². The van der Waals surface area contributed by atoms with E-state index in [1.54, 1.807) is 34.7 Å². The quantitative estimate of drug-likeness (QED) is 0.313. The first kappa shape index (κ1) is 14.0. The zero-order valence-corrected chi connectivity index (χ0v) is 11.1. The van der Waals surface area contributed by atoms with Gasteiger partial charge in [0.1, 0.15) is 5.75 Å². The Hall–Kier alpha value is -1.38. The minimum absolute atomic E-state index is 0.00805. The van der Waals surface area contributed by atoms with Gasteiger partial charge in [-0.25, -0.2) is 13.2 Å². The van der Waals surface area contributed by atoms with Crippen LogP contribution in [0, 0.1) is 32.7 Å². The summed E-state index contributed by atoms with van der Waals surface area (Å²) in [7, 11) is 0. The molecule has 19 heavy (non-hydrogen) atoms. The van der Waals surface area contributed by atoms with E-state index in [2.05, 4.69) is 0 Å². The Morgan fingerprint density at radius 1 is 0.737 bits per heavy atom. The summed E-state index contributed by atoms with van der Waals surface area (Å²) in [6.45, 7) is 0. The molecule has 0 bridgehead atoms. The molecule has 0 fully saturated rings. The molecular weight excluding hydrogens is 382 g/mol. The standard InChI is InChI=1S/C12H4F5IO/c13-7-8(14)10(16)12(11(17)9(7)15)19-6-4-2-1-3-5(6)18/h1-4H. The van der Waals surface area contributed by atoms with Crippen LogP contribution in [-0.2, 0) is 0 Å². The maximum atomic E-state index is 13.4. The predicted molar refractivity (Wildman–Crippen MR) is 65.5 cm³/mol. The number of ether oxygens (including phenoxy) is 1. The van der Waals surface area contributed by atoms with Crippen LogP contribution >= 0.6 is 22.6 Å². The minimum atomic E-state index is -2.22.